The van der Waals surface area contributed by atoms with Crippen LogP contribution in [0.3, 0.4) is 0 Å². The van der Waals surface area contributed by atoms with Crippen molar-refractivity contribution in [3.63, 3.8) is 0 Å². The molecule has 0 fully saturated rings. The molecule has 0 unspecified atom stereocenters. The Morgan fingerprint density at radius 1 is 1.07 bits per heavy atom. The first-order valence-corrected chi connectivity index (χ1v) is 9.38. The number of carbonyl (C=O) groups excluding carboxylic acids is 1. The molecule has 150 valence electrons. The molecule has 0 bridgehead atoms. The summed E-state index contributed by atoms with van der Waals surface area (Å²) in [5, 5.41) is 3.29. The van der Waals surface area contributed by atoms with Crippen LogP contribution in [-0.2, 0) is 0 Å². The lowest BCUT2D eigenvalue weighted by molar-refractivity contribution is 0.102. The Labute approximate surface area is 173 Å². The third kappa shape index (κ3) is 3.53. The van der Waals surface area contributed by atoms with E-state index in [0.29, 0.717) is 33.7 Å². The molecule has 7 nitrogen and oxygen atoms in total. The van der Waals surface area contributed by atoms with Gasteiger partial charge in [0.05, 0.1) is 18.2 Å². The highest BCUT2D eigenvalue weighted by atomic mass is 16.5. The van der Waals surface area contributed by atoms with Gasteiger partial charge in [-0.1, -0.05) is 18.2 Å². The van der Waals surface area contributed by atoms with Crippen LogP contribution in [0.15, 0.2) is 65.7 Å². The predicted molar refractivity (Wildman–Crippen MR) is 116 cm³/mol. The van der Waals surface area contributed by atoms with Crippen molar-refractivity contribution in [1.29, 1.82) is 0 Å². The molecule has 0 saturated heterocycles. The molecule has 0 aliphatic carbocycles. The molecule has 0 radical (unpaired) electrons. The lowest BCUT2D eigenvalue weighted by atomic mass is 10.1. The van der Waals surface area contributed by atoms with Crippen LogP contribution in [0.5, 0.6) is 5.75 Å². The average Bonchev–Trinajstić information content (AvgIpc) is 2.75. The van der Waals surface area contributed by atoms with Gasteiger partial charge in [-0.25, -0.2) is 9.97 Å². The monoisotopic (exact) mass is 400 g/mol. The van der Waals surface area contributed by atoms with Crippen molar-refractivity contribution >= 4 is 22.5 Å². The van der Waals surface area contributed by atoms with Crippen LogP contribution in [0, 0.1) is 13.8 Å². The van der Waals surface area contributed by atoms with E-state index in [-0.39, 0.29) is 11.5 Å². The van der Waals surface area contributed by atoms with E-state index in [1.807, 2.05) is 26.0 Å². The van der Waals surface area contributed by atoms with Gasteiger partial charge < -0.3 is 10.1 Å². The highest BCUT2D eigenvalue weighted by Crippen LogP contribution is 2.23. The SMILES string of the molecule is COc1cccc2c(=O)n(-c3cc(NC(=O)c4cccc(C)n4)ccc3C)cnc12. The Morgan fingerprint density at radius 2 is 1.87 bits per heavy atom. The zero-order valence-electron chi connectivity index (χ0n) is 16.8. The van der Waals surface area contributed by atoms with Crippen molar-refractivity contribution in [3.8, 4) is 11.4 Å². The molecule has 7 heteroatoms. The van der Waals surface area contributed by atoms with E-state index in [9.17, 15) is 9.59 Å². The molecule has 4 aromatic rings. The van der Waals surface area contributed by atoms with Gasteiger partial charge in [0.15, 0.2) is 0 Å². The minimum Gasteiger partial charge on any atom is -0.494 e. The number of rotatable bonds is 4. The Kier molecular flexibility index (Phi) is 5.02. The number of ether oxygens (including phenoxy) is 1. The number of hydrogen-bond donors (Lipinski definition) is 1. The number of methoxy groups -OCH3 is 1. The number of para-hydroxylation sites is 1. The van der Waals surface area contributed by atoms with Crippen LogP contribution in [0.1, 0.15) is 21.7 Å². The van der Waals surface area contributed by atoms with Gasteiger partial charge in [-0.05, 0) is 55.8 Å². The number of anilines is 1. The van der Waals surface area contributed by atoms with E-state index < -0.39 is 0 Å². The maximum absolute atomic E-state index is 13.1. The summed E-state index contributed by atoms with van der Waals surface area (Å²) in [6.45, 7) is 3.72. The molecule has 4 rings (SSSR count). The molecular formula is C23H20N4O3. The summed E-state index contributed by atoms with van der Waals surface area (Å²) >= 11 is 0. The third-order valence-corrected chi connectivity index (χ3v) is 4.82. The van der Waals surface area contributed by atoms with Crippen molar-refractivity contribution in [3.05, 3.63) is 88.2 Å². The minimum absolute atomic E-state index is 0.217. The smallest absolute Gasteiger partial charge is 0.274 e. The summed E-state index contributed by atoms with van der Waals surface area (Å²) in [4.78, 5) is 34.3. The summed E-state index contributed by atoms with van der Waals surface area (Å²) in [5.41, 5.74) is 3.44. The highest BCUT2D eigenvalue weighted by Gasteiger charge is 2.13. The molecule has 0 saturated carbocycles. The lowest BCUT2D eigenvalue weighted by Gasteiger charge is -2.13. The topological polar surface area (TPSA) is 86.1 Å². The number of hydrogen-bond acceptors (Lipinski definition) is 5. The molecule has 2 aromatic carbocycles. The van der Waals surface area contributed by atoms with Crippen LogP contribution in [-0.4, -0.2) is 27.6 Å². The zero-order valence-corrected chi connectivity index (χ0v) is 16.8. The van der Waals surface area contributed by atoms with E-state index in [4.69, 9.17) is 4.74 Å². The number of nitrogens with zero attached hydrogens (tertiary/aromatic N) is 3. The quantitative estimate of drug-likeness (QED) is 0.565. The van der Waals surface area contributed by atoms with Gasteiger partial charge in [0.25, 0.3) is 11.5 Å². The molecular weight excluding hydrogens is 380 g/mol. The van der Waals surface area contributed by atoms with E-state index in [1.165, 1.54) is 10.9 Å². The molecule has 0 spiro atoms. The number of nitrogens with one attached hydrogen (secondary N) is 1. The first kappa shape index (κ1) is 19.3. The molecule has 30 heavy (non-hydrogen) atoms. The number of pyridine rings is 1. The second kappa shape index (κ2) is 7.79. The number of aryl methyl sites for hydroxylation is 2. The van der Waals surface area contributed by atoms with Crippen molar-refractivity contribution in [2.75, 3.05) is 12.4 Å². The van der Waals surface area contributed by atoms with Crippen molar-refractivity contribution < 1.29 is 9.53 Å². The summed E-state index contributed by atoms with van der Waals surface area (Å²) in [6, 6.07) is 15.9. The molecule has 2 heterocycles. The average molecular weight is 400 g/mol. The standard InChI is InChI=1S/C23H20N4O3/c1-14-10-11-16(26-22(28)18-8-4-6-15(2)25-18)12-19(14)27-13-24-21-17(23(27)29)7-5-9-20(21)30-3/h4-13H,1-3H3,(H,26,28). The van der Waals surface area contributed by atoms with Crippen LogP contribution < -0.4 is 15.6 Å². The van der Waals surface area contributed by atoms with E-state index in [0.717, 1.165) is 11.3 Å². The molecule has 0 aliphatic rings. The van der Waals surface area contributed by atoms with Gasteiger partial charge in [0.1, 0.15) is 23.3 Å². The number of fused-ring (bicyclic) bond motifs is 1. The van der Waals surface area contributed by atoms with Crippen LogP contribution in [0.25, 0.3) is 16.6 Å². The minimum atomic E-state index is -0.317. The maximum atomic E-state index is 13.1. The third-order valence-electron chi connectivity index (χ3n) is 4.82. The number of carbonyl (C=O) groups is 1. The Hall–Kier alpha value is -4.00. The molecule has 1 N–H and O–H groups in total. The lowest BCUT2D eigenvalue weighted by Crippen LogP contribution is -2.20. The molecule has 1 amide bonds. The van der Waals surface area contributed by atoms with Gasteiger partial charge in [-0.3, -0.25) is 14.2 Å². The van der Waals surface area contributed by atoms with Crippen molar-refractivity contribution in [1.82, 2.24) is 14.5 Å². The van der Waals surface area contributed by atoms with Gasteiger partial charge in [0.2, 0.25) is 0 Å². The van der Waals surface area contributed by atoms with Gasteiger partial charge in [0, 0.05) is 11.4 Å². The Bertz CT molecular complexity index is 1330. The van der Waals surface area contributed by atoms with Crippen LogP contribution in [0.2, 0.25) is 0 Å². The summed E-state index contributed by atoms with van der Waals surface area (Å²) in [6.07, 6.45) is 1.48. The summed E-state index contributed by atoms with van der Waals surface area (Å²) in [7, 11) is 1.54. The van der Waals surface area contributed by atoms with Gasteiger partial charge in [-0.15, -0.1) is 0 Å². The zero-order chi connectivity index (χ0) is 21.3. The van der Waals surface area contributed by atoms with Gasteiger partial charge >= 0.3 is 0 Å². The van der Waals surface area contributed by atoms with Crippen LogP contribution >= 0.6 is 0 Å². The maximum Gasteiger partial charge on any atom is 0.274 e. The molecule has 2 aromatic heterocycles. The first-order chi connectivity index (χ1) is 14.5. The van der Waals surface area contributed by atoms with E-state index >= 15 is 0 Å². The highest BCUT2D eigenvalue weighted by molar-refractivity contribution is 6.03. The molecule has 0 aliphatic heterocycles. The first-order valence-electron chi connectivity index (χ1n) is 9.38. The fourth-order valence-electron chi connectivity index (χ4n) is 3.27. The largest absolute Gasteiger partial charge is 0.494 e. The van der Waals surface area contributed by atoms with E-state index in [1.54, 1.807) is 49.6 Å². The molecule has 0 atom stereocenters. The predicted octanol–water partition coefficient (Wildman–Crippen LogP) is 3.66. The second-order valence-corrected chi connectivity index (χ2v) is 6.90. The fraction of sp³-hybridized carbons (Fsp3) is 0.130. The van der Waals surface area contributed by atoms with E-state index in [2.05, 4.69) is 15.3 Å². The normalized spacial score (nSPS) is 10.8. The summed E-state index contributed by atoms with van der Waals surface area (Å²) in [5.74, 6) is 0.224. The Balaban J connectivity index is 1.75. The van der Waals surface area contributed by atoms with Crippen molar-refractivity contribution in [2.24, 2.45) is 0 Å². The Morgan fingerprint density at radius 3 is 2.63 bits per heavy atom. The number of benzene rings is 2. The second-order valence-electron chi connectivity index (χ2n) is 6.90. The van der Waals surface area contributed by atoms with Crippen LogP contribution in [0.4, 0.5) is 5.69 Å². The van der Waals surface area contributed by atoms with Gasteiger partial charge in [-0.2, -0.15) is 0 Å². The number of amides is 1. The number of aromatic nitrogens is 3. The van der Waals surface area contributed by atoms with Crippen molar-refractivity contribution in [2.45, 2.75) is 13.8 Å². The fourth-order valence-corrected chi connectivity index (χ4v) is 3.27. The summed E-state index contributed by atoms with van der Waals surface area (Å²) < 4.78 is 6.77.